The van der Waals surface area contributed by atoms with Gasteiger partial charge in [-0.15, -0.1) is 0 Å². The summed E-state index contributed by atoms with van der Waals surface area (Å²) < 4.78 is 41.5. The summed E-state index contributed by atoms with van der Waals surface area (Å²) in [6.45, 7) is 1.26. The largest absolute Gasteiger partial charge is 0.489 e. The first-order chi connectivity index (χ1) is 12.8. The van der Waals surface area contributed by atoms with E-state index in [0.29, 0.717) is 18.8 Å². The summed E-state index contributed by atoms with van der Waals surface area (Å²) >= 11 is 0. The van der Waals surface area contributed by atoms with Crippen molar-refractivity contribution in [3.8, 4) is 5.75 Å². The van der Waals surface area contributed by atoms with Crippen LogP contribution in [0.1, 0.15) is 6.42 Å². The van der Waals surface area contributed by atoms with Crippen LogP contribution < -0.4 is 15.2 Å². The van der Waals surface area contributed by atoms with Gasteiger partial charge in [0.05, 0.1) is 4.90 Å². The number of sulfonamides is 1. The average molecular weight is 395 g/mol. The number of rotatable bonds is 9. The molecule has 146 valence electrons. The summed E-state index contributed by atoms with van der Waals surface area (Å²) in [7, 11) is -2.00. The van der Waals surface area contributed by atoms with Gasteiger partial charge < -0.3 is 15.0 Å². The van der Waals surface area contributed by atoms with Crippen molar-refractivity contribution in [3.05, 3.63) is 54.3 Å². The lowest BCUT2D eigenvalue weighted by Crippen LogP contribution is -2.28. The fourth-order valence-corrected chi connectivity index (χ4v) is 2.81. The van der Waals surface area contributed by atoms with Gasteiger partial charge in [0.15, 0.2) is 11.6 Å². The minimum atomic E-state index is -3.82. The highest BCUT2D eigenvalue weighted by molar-refractivity contribution is 7.89. The molecule has 0 atom stereocenters. The number of hydrogen-bond donors (Lipinski definition) is 2. The Hall–Kier alpha value is -2.49. The van der Waals surface area contributed by atoms with E-state index >= 15 is 0 Å². The van der Waals surface area contributed by atoms with E-state index in [1.165, 1.54) is 24.3 Å². The van der Waals surface area contributed by atoms with Crippen molar-refractivity contribution >= 4 is 21.6 Å². The van der Waals surface area contributed by atoms with E-state index in [1.807, 2.05) is 11.9 Å². The summed E-state index contributed by atoms with van der Waals surface area (Å²) in [6.07, 6.45) is 0.204. The van der Waals surface area contributed by atoms with Gasteiger partial charge in [-0.1, -0.05) is 18.2 Å². The molecular formula is C18H22FN3O4S. The van der Waals surface area contributed by atoms with Crippen LogP contribution in [0.15, 0.2) is 53.4 Å². The molecule has 0 aliphatic carbocycles. The van der Waals surface area contributed by atoms with Gasteiger partial charge in [0.2, 0.25) is 15.9 Å². The topological polar surface area (TPSA) is 102 Å². The van der Waals surface area contributed by atoms with E-state index in [2.05, 4.69) is 5.32 Å². The van der Waals surface area contributed by atoms with Crippen LogP contribution in [-0.2, 0) is 14.8 Å². The molecule has 0 fully saturated rings. The number of halogens is 1. The third-order valence-electron chi connectivity index (χ3n) is 3.73. The quantitative estimate of drug-likeness (QED) is 0.674. The van der Waals surface area contributed by atoms with Crippen LogP contribution in [0.5, 0.6) is 5.75 Å². The van der Waals surface area contributed by atoms with Gasteiger partial charge >= 0.3 is 0 Å². The highest BCUT2D eigenvalue weighted by atomic mass is 32.2. The van der Waals surface area contributed by atoms with Crippen LogP contribution >= 0.6 is 0 Å². The normalized spacial score (nSPS) is 11.4. The first-order valence-corrected chi connectivity index (χ1v) is 9.79. The lowest BCUT2D eigenvalue weighted by molar-refractivity contribution is -0.116. The molecule has 0 saturated carbocycles. The number of nitrogens with zero attached hydrogens (tertiary/aromatic N) is 1. The molecule has 27 heavy (non-hydrogen) atoms. The van der Waals surface area contributed by atoms with E-state index in [1.54, 1.807) is 24.3 Å². The zero-order valence-electron chi connectivity index (χ0n) is 14.9. The number of para-hydroxylation sites is 1. The lowest BCUT2D eigenvalue weighted by Gasteiger charge is -2.17. The second-order valence-corrected chi connectivity index (χ2v) is 7.51. The maximum atomic E-state index is 13.4. The number of nitrogens with one attached hydrogen (secondary N) is 1. The number of hydrogen-bond acceptors (Lipinski definition) is 5. The Kier molecular flexibility index (Phi) is 7.28. The van der Waals surface area contributed by atoms with Crippen LogP contribution in [0.25, 0.3) is 0 Å². The van der Waals surface area contributed by atoms with Gasteiger partial charge in [-0.25, -0.2) is 17.9 Å². The number of amides is 1. The van der Waals surface area contributed by atoms with Crippen molar-refractivity contribution in [2.24, 2.45) is 5.14 Å². The van der Waals surface area contributed by atoms with E-state index in [0.717, 1.165) is 0 Å². The third kappa shape index (κ3) is 6.97. The van der Waals surface area contributed by atoms with Gasteiger partial charge in [-0.3, -0.25) is 4.79 Å². The minimum absolute atomic E-state index is 0.0669. The molecule has 9 heteroatoms. The molecule has 0 radical (unpaired) electrons. The molecular weight excluding hydrogens is 373 g/mol. The zero-order chi connectivity index (χ0) is 19.9. The summed E-state index contributed by atoms with van der Waals surface area (Å²) in [5.74, 6) is -0.483. The Morgan fingerprint density at radius 3 is 2.63 bits per heavy atom. The van der Waals surface area contributed by atoms with E-state index in [4.69, 9.17) is 9.88 Å². The third-order valence-corrected chi connectivity index (χ3v) is 4.65. The second-order valence-electron chi connectivity index (χ2n) is 5.95. The molecule has 0 unspecified atom stereocenters. The lowest BCUT2D eigenvalue weighted by atomic mass is 10.3. The molecule has 2 aromatic carbocycles. The van der Waals surface area contributed by atoms with Crippen molar-refractivity contribution in [2.75, 3.05) is 32.1 Å². The first kappa shape index (κ1) is 20.8. The molecule has 0 aliphatic heterocycles. The van der Waals surface area contributed by atoms with E-state index < -0.39 is 15.8 Å². The Morgan fingerprint density at radius 1 is 1.19 bits per heavy atom. The molecule has 0 bridgehead atoms. The SMILES string of the molecule is CN(CCOc1ccccc1F)CCC(=O)Nc1cccc(S(N)(=O)=O)c1. The summed E-state index contributed by atoms with van der Waals surface area (Å²) in [5, 5.41) is 7.70. The van der Waals surface area contributed by atoms with Crippen LogP contribution in [0, 0.1) is 5.82 Å². The van der Waals surface area contributed by atoms with Crippen LogP contribution in [0.3, 0.4) is 0 Å². The number of carbonyl (C=O) groups excluding carboxylic acids is 1. The van der Waals surface area contributed by atoms with Crippen LogP contribution in [0.4, 0.5) is 10.1 Å². The van der Waals surface area contributed by atoms with Crippen molar-refractivity contribution in [3.63, 3.8) is 0 Å². The zero-order valence-corrected chi connectivity index (χ0v) is 15.7. The summed E-state index contributed by atoms with van der Waals surface area (Å²) in [6, 6.07) is 11.9. The number of likely N-dealkylation sites (N-methyl/N-ethyl adjacent to an activating group) is 1. The highest BCUT2D eigenvalue weighted by Gasteiger charge is 2.10. The minimum Gasteiger partial charge on any atom is -0.489 e. The number of ether oxygens (including phenoxy) is 1. The number of benzene rings is 2. The fraction of sp³-hybridized carbons (Fsp3) is 0.278. The maximum Gasteiger partial charge on any atom is 0.238 e. The number of primary sulfonamides is 1. The molecule has 7 nitrogen and oxygen atoms in total. The Balaban J connectivity index is 1.74. The predicted molar refractivity (Wildman–Crippen MR) is 100 cm³/mol. The van der Waals surface area contributed by atoms with Gasteiger partial charge in [0, 0.05) is 25.2 Å². The monoisotopic (exact) mass is 395 g/mol. The van der Waals surface area contributed by atoms with Gasteiger partial charge in [-0.05, 0) is 37.4 Å². The molecule has 2 aromatic rings. The first-order valence-electron chi connectivity index (χ1n) is 8.24. The highest BCUT2D eigenvalue weighted by Crippen LogP contribution is 2.15. The average Bonchev–Trinajstić information content (AvgIpc) is 2.61. The smallest absolute Gasteiger partial charge is 0.238 e. The number of anilines is 1. The van der Waals surface area contributed by atoms with Gasteiger partial charge in [0.1, 0.15) is 6.61 Å². The Labute approximate surface area is 158 Å². The van der Waals surface area contributed by atoms with Gasteiger partial charge in [-0.2, -0.15) is 0 Å². The van der Waals surface area contributed by atoms with E-state index in [-0.39, 0.29) is 29.6 Å². The summed E-state index contributed by atoms with van der Waals surface area (Å²) in [5.41, 5.74) is 0.358. The second kappa shape index (κ2) is 9.45. The molecule has 0 aliphatic rings. The van der Waals surface area contributed by atoms with E-state index in [9.17, 15) is 17.6 Å². The molecule has 2 rings (SSSR count). The molecule has 1 amide bonds. The molecule has 0 saturated heterocycles. The maximum absolute atomic E-state index is 13.4. The van der Waals surface area contributed by atoms with Crippen molar-refractivity contribution in [1.82, 2.24) is 4.90 Å². The fourth-order valence-electron chi connectivity index (χ4n) is 2.25. The van der Waals surface area contributed by atoms with Crippen LogP contribution in [0.2, 0.25) is 0 Å². The van der Waals surface area contributed by atoms with Crippen molar-refractivity contribution in [1.29, 1.82) is 0 Å². The van der Waals surface area contributed by atoms with Crippen molar-refractivity contribution < 1.29 is 22.3 Å². The van der Waals surface area contributed by atoms with Crippen LogP contribution in [-0.4, -0.2) is 46.0 Å². The number of nitrogens with two attached hydrogens (primary N) is 1. The molecule has 3 N–H and O–H groups in total. The summed E-state index contributed by atoms with van der Waals surface area (Å²) in [4.78, 5) is 13.8. The number of carbonyl (C=O) groups is 1. The Morgan fingerprint density at radius 2 is 1.93 bits per heavy atom. The molecule has 0 heterocycles. The molecule has 0 spiro atoms. The standard InChI is InChI=1S/C18H22FN3O4S/c1-22(11-12-26-17-8-3-2-7-16(17)19)10-9-18(23)21-14-5-4-6-15(13-14)27(20,24)25/h2-8,13H,9-12H2,1H3,(H,21,23)(H2,20,24,25). The van der Waals surface area contributed by atoms with Gasteiger partial charge in [0.25, 0.3) is 0 Å². The predicted octanol–water partition coefficient (Wildman–Crippen LogP) is 1.81. The van der Waals surface area contributed by atoms with Crippen molar-refractivity contribution in [2.45, 2.75) is 11.3 Å². The Bertz CT molecular complexity index is 890. The molecule has 0 aromatic heterocycles.